The Kier molecular flexibility index (Phi) is 5.33. The third kappa shape index (κ3) is 3.92. The maximum Gasteiger partial charge on any atom is 0.0467 e. The average molecular weight is 268 g/mol. The monoisotopic (exact) mass is 268 g/mol. The highest BCUT2D eigenvalue weighted by Crippen LogP contribution is 2.19. The van der Waals surface area contributed by atoms with Gasteiger partial charge in [0.2, 0.25) is 0 Å². The SMILES string of the molecule is CC(NCC(c1ccccc1)N(C)C)c1ccccc1. The molecule has 0 amide bonds. The summed E-state index contributed by atoms with van der Waals surface area (Å²) in [5.74, 6) is 0. The van der Waals surface area contributed by atoms with Gasteiger partial charge in [-0.3, -0.25) is 0 Å². The first-order valence-electron chi connectivity index (χ1n) is 7.18. The van der Waals surface area contributed by atoms with E-state index >= 15 is 0 Å². The highest BCUT2D eigenvalue weighted by molar-refractivity contribution is 5.21. The lowest BCUT2D eigenvalue weighted by Crippen LogP contribution is -2.32. The lowest BCUT2D eigenvalue weighted by Gasteiger charge is -2.27. The number of nitrogens with zero attached hydrogens (tertiary/aromatic N) is 1. The molecule has 0 aliphatic heterocycles. The van der Waals surface area contributed by atoms with E-state index in [0.717, 1.165) is 6.54 Å². The fourth-order valence-corrected chi connectivity index (χ4v) is 2.42. The molecule has 1 N–H and O–H groups in total. The van der Waals surface area contributed by atoms with Crippen LogP contribution in [0, 0.1) is 0 Å². The van der Waals surface area contributed by atoms with Gasteiger partial charge in [0.25, 0.3) is 0 Å². The first kappa shape index (κ1) is 14.8. The van der Waals surface area contributed by atoms with Crippen LogP contribution in [-0.2, 0) is 0 Å². The van der Waals surface area contributed by atoms with Gasteiger partial charge in [-0.1, -0.05) is 60.7 Å². The molecule has 0 aromatic heterocycles. The van der Waals surface area contributed by atoms with Crippen molar-refractivity contribution in [1.82, 2.24) is 10.2 Å². The van der Waals surface area contributed by atoms with Crippen LogP contribution in [0.15, 0.2) is 60.7 Å². The van der Waals surface area contributed by atoms with Gasteiger partial charge in [-0.05, 0) is 32.1 Å². The third-order valence-corrected chi connectivity index (χ3v) is 3.72. The molecule has 0 spiro atoms. The van der Waals surface area contributed by atoms with Crippen molar-refractivity contribution >= 4 is 0 Å². The number of rotatable bonds is 6. The fraction of sp³-hybridized carbons (Fsp3) is 0.333. The maximum absolute atomic E-state index is 3.64. The molecule has 2 nitrogen and oxygen atoms in total. The molecule has 0 aliphatic carbocycles. The second-order valence-corrected chi connectivity index (χ2v) is 5.43. The van der Waals surface area contributed by atoms with Crippen molar-refractivity contribution in [1.29, 1.82) is 0 Å². The van der Waals surface area contributed by atoms with E-state index in [2.05, 4.69) is 91.9 Å². The lowest BCUT2D eigenvalue weighted by atomic mass is 10.0. The van der Waals surface area contributed by atoms with Gasteiger partial charge in [-0.25, -0.2) is 0 Å². The molecule has 0 saturated heterocycles. The van der Waals surface area contributed by atoms with E-state index in [9.17, 15) is 0 Å². The number of benzene rings is 2. The number of hydrogen-bond donors (Lipinski definition) is 1. The van der Waals surface area contributed by atoms with E-state index in [1.807, 2.05) is 0 Å². The van der Waals surface area contributed by atoms with Crippen molar-refractivity contribution in [3.63, 3.8) is 0 Å². The summed E-state index contributed by atoms with van der Waals surface area (Å²) in [7, 11) is 4.26. The molecule has 2 aromatic carbocycles. The zero-order chi connectivity index (χ0) is 14.4. The van der Waals surface area contributed by atoms with Crippen LogP contribution in [0.1, 0.15) is 30.1 Å². The molecule has 0 radical (unpaired) electrons. The summed E-state index contributed by atoms with van der Waals surface area (Å²) >= 11 is 0. The van der Waals surface area contributed by atoms with Gasteiger partial charge in [0.15, 0.2) is 0 Å². The van der Waals surface area contributed by atoms with Gasteiger partial charge in [-0.15, -0.1) is 0 Å². The summed E-state index contributed by atoms with van der Waals surface area (Å²) in [5.41, 5.74) is 2.68. The lowest BCUT2D eigenvalue weighted by molar-refractivity contribution is 0.281. The van der Waals surface area contributed by atoms with Crippen molar-refractivity contribution in [2.45, 2.75) is 19.0 Å². The van der Waals surface area contributed by atoms with Gasteiger partial charge >= 0.3 is 0 Å². The highest BCUT2D eigenvalue weighted by atomic mass is 15.1. The van der Waals surface area contributed by atoms with E-state index < -0.39 is 0 Å². The van der Waals surface area contributed by atoms with Gasteiger partial charge < -0.3 is 10.2 Å². The minimum Gasteiger partial charge on any atom is -0.308 e. The summed E-state index contributed by atoms with van der Waals surface area (Å²) in [6.07, 6.45) is 0. The molecule has 2 aromatic rings. The van der Waals surface area contributed by atoms with Gasteiger partial charge in [0.05, 0.1) is 0 Å². The minimum absolute atomic E-state index is 0.363. The summed E-state index contributed by atoms with van der Waals surface area (Å²) in [5, 5.41) is 3.64. The van der Waals surface area contributed by atoms with Crippen molar-refractivity contribution < 1.29 is 0 Å². The second-order valence-electron chi connectivity index (χ2n) is 5.43. The summed E-state index contributed by atoms with van der Waals surface area (Å²) in [6, 6.07) is 22.0. The van der Waals surface area contributed by atoms with Crippen LogP contribution >= 0.6 is 0 Å². The van der Waals surface area contributed by atoms with Crippen LogP contribution < -0.4 is 5.32 Å². The van der Waals surface area contributed by atoms with Crippen molar-refractivity contribution in [2.24, 2.45) is 0 Å². The van der Waals surface area contributed by atoms with Gasteiger partial charge in [0.1, 0.15) is 0 Å². The predicted molar refractivity (Wildman–Crippen MR) is 85.7 cm³/mol. The Morgan fingerprint density at radius 1 is 0.850 bits per heavy atom. The van der Waals surface area contributed by atoms with E-state index in [0.29, 0.717) is 12.1 Å². The van der Waals surface area contributed by atoms with E-state index in [1.165, 1.54) is 11.1 Å². The minimum atomic E-state index is 0.363. The average Bonchev–Trinajstić information content (AvgIpc) is 2.49. The second kappa shape index (κ2) is 7.22. The molecule has 0 heterocycles. The Morgan fingerprint density at radius 2 is 1.35 bits per heavy atom. The van der Waals surface area contributed by atoms with E-state index in [1.54, 1.807) is 0 Å². The van der Waals surface area contributed by atoms with Crippen molar-refractivity contribution in [2.75, 3.05) is 20.6 Å². The normalized spacial score (nSPS) is 14.2. The number of hydrogen-bond acceptors (Lipinski definition) is 2. The van der Waals surface area contributed by atoms with Crippen molar-refractivity contribution in [3.05, 3.63) is 71.8 Å². The predicted octanol–water partition coefficient (Wildman–Crippen LogP) is 3.64. The Bertz CT molecular complexity index is 493. The topological polar surface area (TPSA) is 15.3 Å². The molecule has 2 rings (SSSR count). The molecule has 0 bridgehead atoms. The molecule has 20 heavy (non-hydrogen) atoms. The standard InChI is InChI=1S/C18H24N2/c1-15(16-10-6-4-7-11-16)19-14-18(20(2)3)17-12-8-5-9-13-17/h4-13,15,18-19H,14H2,1-3H3. The van der Waals surface area contributed by atoms with Crippen molar-refractivity contribution in [3.8, 4) is 0 Å². The van der Waals surface area contributed by atoms with E-state index in [-0.39, 0.29) is 0 Å². The molecular weight excluding hydrogens is 244 g/mol. The fourth-order valence-electron chi connectivity index (χ4n) is 2.42. The Hall–Kier alpha value is -1.64. The Labute approximate surface area is 122 Å². The third-order valence-electron chi connectivity index (χ3n) is 3.72. The zero-order valence-electron chi connectivity index (χ0n) is 12.6. The molecule has 106 valence electrons. The molecule has 2 unspecified atom stereocenters. The van der Waals surface area contributed by atoms with Crippen LogP contribution in [0.4, 0.5) is 0 Å². The first-order valence-corrected chi connectivity index (χ1v) is 7.18. The zero-order valence-corrected chi connectivity index (χ0v) is 12.6. The maximum atomic E-state index is 3.64. The molecular formula is C18H24N2. The first-order chi connectivity index (χ1) is 9.68. The summed E-state index contributed by atoms with van der Waals surface area (Å²) < 4.78 is 0. The summed E-state index contributed by atoms with van der Waals surface area (Å²) in [6.45, 7) is 3.15. The molecule has 2 heteroatoms. The largest absolute Gasteiger partial charge is 0.308 e. The molecule has 0 fully saturated rings. The quantitative estimate of drug-likeness (QED) is 0.860. The molecule has 0 saturated carbocycles. The number of nitrogens with one attached hydrogen (secondary N) is 1. The Morgan fingerprint density at radius 3 is 1.85 bits per heavy atom. The highest BCUT2D eigenvalue weighted by Gasteiger charge is 2.15. The number of likely N-dealkylation sites (N-methyl/N-ethyl adjacent to an activating group) is 1. The van der Waals surface area contributed by atoms with E-state index in [4.69, 9.17) is 0 Å². The van der Waals surface area contributed by atoms with Crippen LogP contribution in [0.3, 0.4) is 0 Å². The van der Waals surface area contributed by atoms with Crippen LogP contribution in [0.2, 0.25) is 0 Å². The van der Waals surface area contributed by atoms with Crippen LogP contribution in [0.5, 0.6) is 0 Å². The van der Waals surface area contributed by atoms with Gasteiger partial charge in [0, 0.05) is 18.6 Å². The van der Waals surface area contributed by atoms with Crippen LogP contribution in [-0.4, -0.2) is 25.5 Å². The van der Waals surface area contributed by atoms with Crippen LogP contribution in [0.25, 0.3) is 0 Å². The van der Waals surface area contributed by atoms with Gasteiger partial charge in [-0.2, -0.15) is 0 Å². The smallest absolute Gasteiger partial charge is 0.0467 e. The molecule has 2 atom stereocenters. The summed E-state index contributed by atoms with van der Waals surface area (Å²) in [4.78, 5) is 2.26. The molecule has 0 aliphatic rings. The Balaban J connectivity index is 2.00.